The second-order valence-electron chi connectivity index (χ2n) is 8.33. The van der Waals surface area contributed by atoms with Crippen molar-refractivity contribution in [3.8, 4) is 5.75 Å². The molecule has 2 aliphatic heterocycles. The summed E-state index contributed by atoms with van der Waals surface area (Å²) in [6, 6.07) is 12.6. The zero-order valence-corrected chi connectivity index (χ0v) is 18.9. The van der Waals surface area contributed by atoms with Crippen molar-refractivity contribution in [1.82, 2.24) is 9.80 Å². The van der Waals surface area contributed by atoms with E-state index in [2.05, 4.69) is 21.9 Å². The summed E-state index contributed by atoms with van der Waals surface area (Å²) in [6.45, 7) is 6.14. The van der Waals surface area contributed by atoms with Crippen molar-refractivity contribution >= 4 is 17.3 Å². The molecule has 0 unspecified atom stereocenters. The maximum Gasteiger partial charge on any atom is 0.270 e. The fraction of sp³-hybridized carbons (Fsp3) is 0.458. The van der Waals surface area contributed by atoms with Crippen LogP contribution in [0, 0.1) is 10.1 Å². The first-order valence-corrected chi connectivity index (χ1v) is 11.3. The van der Waals surface area contributed by atoms with E-state index in [1.807, 2.05) is 17.0 Å². The van der Waals surface area contributed by atoms with Gasteiger partial charge in [-0.15, -0.1) is 0 Å². The quantitative estimate of drug-likeness (QED) is 0.490. The molecule has 0 spiro atoms. The van der Waals surface area contributed by atoms with Crippen LogP contribution in [0.15, 0.2) is 42.5 Å². The van der Waals surface area contributed by atoms with Crippen molar-refractivity contribution in [1.29, 1.82) is 0 Å². The van der Waals surface area contributed by atoms with Gasteiger partial charge < -0.3 is 19.3 Å². The minimum absolute atomic E-state index is 0.0636. The standard InChI is InChI=1S/C24H30N4O5/c1-32-21-6-3-19(4-7-21)18-25-9-2-10-27(12-11-25)24(29)22-17-20(28(30)31)5-8-23(22)26-13-15-33-16-14-26/h3-8,17H,2,9-16,18H2,1H3. The number of morpholine rings is 1. The van der Waals surface area contributed by atoms with Crippen LogP contribution in [0.1, 0.15) is 22.3 Å². The van der Waals surface area contributed by atoms with Crippen LogP contribution in [0.4, 0.5) is 11.4 Å². The predicted molar refractivity (Wildman–Crippen MR) is 125 cm³/mol. The second-order valence-corrected chi connectivity index (χ2v) is 8.33. The molecule has 2 heterocycles. The topological polar surface area (TPSA) is 88.4 Å². The van der Waals surface area contributed by atoms with Crippen molar-refractivity contribution in [2.45, 2.75) is 13.0 Å². The van der Waals surface area contributed by atoms with Gasteiger partial charge in [0.1, 0.15) is 5.75 Å². The van der Waals surface area contributed by atoms with Crippen LogP contribution in [0.3, 0.4) is 0 Å². The number of nitro benzene ring substituents is 1. The molecule has 0 saturated carbocycles. The average Bonchev–Trinajstić information content (AvgIpc) is 3.10. The number of nitro groups is 1. The van der Waals surface area contributed by atoms with Crippen LogP contribution < -0.4 is 9.64 Å². The molecule has 0 aliphatic carbocycles. The molecular formula is C24H30N4O5. The molecule has 2 saturated heterocycles. The SMILES string of the molecule is COc1ccc(CN2CCCN(C(=O)c3cc([N+](=O)[O-])ccc3N3CCOCC3)CC2)cc1. The van der Waals surface area contributed by atoms with Crippen molar-refractivity contribution in [3.05, 3.63) is 63.7 Å². The number of amides is 1. The van der Waals surface area contributed by atoms with Gasteiger partial charge in [-0.05, 0) is 30.2 Å². The predicted octanol–water partition coefficient (Wildman–Crippen LogP) is 2.79. The molecule has 9 heteroatoms. The fourth-order valence-electron chi connectivity index (χ4n) is 4.38. The summed E-state index contributed by atoms with van der Waals surface area (Å²) in [5.41, 5.74) is 2.28. The van der Waals surface area contributed by atoms with Gasteiger partial charge in [-0.25, -0.2) is 0 Å². The number of carbonyl (C=O) groups excluding carboxylic acids is 1. The summed E-state index contributed by atoms with van der Waals surface area (Å²) >= 11 is 0. The van der Waals surface area contributed by atoms with E-state index < -0.39 is 4.92 Å². The average molecular weight is 455 g/mol. The van der Waals surface area contributed by atoms with Crippen molar-refractivity contribution in [2.75, 3.05) is 64.5 Å². The maximum atomic E-state index is 13.5. The van der Waals surface area contributed by atoms with Crippen LogP contribution in [0.25, 0.3) is 0 Å². The van der Waals surface area contributed by atoms with E-state index in [0.29, 0.717) is 45.0 Å². The summed E-state index contributed by atoms with van der Waals surface area (Å²) in [4.78, 5) is 30.7. The van der Waals surface area contributed by atoms with Gasteiger partial charge in [0.05, 0.1) is 36.5 Å². The number of hydrogen-bond donors (Lipinski definition) is 0. The highest BCUT2D eigenvalue weighted by atomic mass is 16.6. The molecule has 2 aliphatic rings. The third-order valence-corrected chi connectivity index (χ3v) is 6.21. The lowest BCUT2D eigenvalue weighted by atomic mass is 10.1. The van der Waals surface area contributed by atoms with Crippen LogP contribution in [0.2, 0.25) is 0 Å². The van der Waals surface area contributed by atoms with Gasteiger partial charge in [0.2, 0.25) is 0 Å². The van der Waals surface area contributed by atoms with Gasteiger partial charge >= 0.3 is 0 Å². The van der Waals surface area contributed by atoms with Gasteiger partial charge in [0.15, 0.2) is 0 Å². The first kappa shape index (κ1) is 23.0. The Labute approximate surface area is 193 Å². The Hall–Kier alpha value is -3.17. The fourth-order valence-corrected chi connectivity index (χ4v) is 4.38. The minimum Gasteiger partial charge on any atom is -0.497 e. The number of hydrogen-bond acceptors (Lipinski definition) is 7. The van der Waals surface area contributed by atoms with E-state index in [1.54, 1.807) is 13.2 Å². The molecule has 0 aromatic heterocycles. The van der Waals surface area contributed by atoms with E-state index in [0.717, 1.165) is 37.5 Å². The van der Waals surface area contributed by atoms with Crippen LogP contribution in [-0.2, 0) is 11.3 Å². The molecule has 176 valence electrons. The Morgan fingerprint density at radius 3 is 2.48 bits per heavy atom. The number of anilines is 1. The number of non-ortho nitro benzene ring substituents is 1. The van der Waals surface area contributed by atoms with Crippen LogP contribution in [-0.4, -0.2) is 80.2 Å². The Morgan fingerprint density at radius 1 is 1.03 bits per heavy atom. The lowest BCUT2D eigenvalue weighted by Crippen LogP contribution is -2.39. The number of benzene rings is 2. The number of rotatable bonds is 6. The van der Waals surface area contributed by atoms with Crippen molar-refractivity contribution in [2.24, 2.45) is 0 Å². The lowest BCUT2D eigenvalue weighted by Gasteiger charge is -2.31. The van der Waals surface area contributed by atoms with Gasteiger partial charge in [-0.3, -0.25) is 19.8 Å². The molecule has 0 radical (unpaired) electrons. The number of carbonyl (C=O) groups is 1. The molecule has 0 N–H and O–H groups in total. The first-order valence-electron chi connectivity index (χ1n) is 11.3. The maximum absolute atomic E-state index is 13.5. The zero-order chi connectivity index (χ0) is 23.2. The summed E-state index contributed by atoms with van der Waals surface area (Å²) in [7, 11) is 1.65. The number of methoxy groups -OCH3 is 1. The molecule has 1 amide bonds. The Kier molecular flexibility index (Phi) is 7.41. The largest absolute Gasteiger partial charge is 0.497 e. The van der Waals surface area contributed by atoms with Gasteiger partial charge in [0.25, 0.3) is 11.6 Å². The Balaban J connectivity index is 1.47. The van der Waals surface area contributed by atoms with E-state index >= 15 is 0 Å². The molecule has 0 atom stereocenters. The molecule has 33 heavy (non-hydrogen) atoms. The molecule has 2 aromatic carbocycles. The monoisotopic (exact) mass is 454 g/mol. The summed E-state index contributed by atoms with van der Waals surface area (Å²) in [5, 5.41) is 11.4. The van der Waals surface area contributed by atoms with E-state index in [9.17, 15) is 14.9 Å². The van der Waals surface area contributed by atoms with E-state index in [4.69, 9.17) is 9.47 Å². The number of ether oxygens (including phenoxy) is 2. The first-order chi connectivity index (χ1) is 16.0. The minimum atomic E-state index is -0.446. The summed E-state index contributed by atoms with van der Waals surface area (Å²) in [5.74, 6) is 0.686. The third-order valence-electron chi connectivity index (χ3n) is 6.21. The van der Waals surface area contributed by atoms with Crippen molar-refractivity contribution in [3.63, 3.8) is 0 Å². The third kappa shape index (κ3) is 5.61. The van der Waals surface area contributed by atoms with E-state index in [1.165, 1.54) is 17.7 Å². The molecular weight excluding hydrogens is 424 g/mol. The summed E-state index contributed by atoms with van der Waals surface area (Å²) < 4.78 is 10.7. The molecule has 9 nitrogen and oxygen atoms in total. The highest BCUT2D eigenvalue weighted by Crippen LogP contribution is 2.28. The summed E-state index contributed by atoms with van der Waals surface area (Å²) in [6.07, 6.45) is 0.851. The van der Waals surface area contributed by atoms with Gasteiger partial charge in [-0.2, -0.15) is 0 Å². The van der Waals surface area contributed by atoms with Crippen LogP contribution >= 0.6 is 0 Å². The smallest absolute Gasteiger partial charge is 0.270 e. The number of nitrogens with zero attached hydrogens (tertiary/aromatic N) is 4. The van der Waals surface area contributed by atoms with Crippen molar-refractivity contribution < 1.29 is 19.2 Å². The van der Waals surface area contributed by atoms with Gasteiger partial charge in [0, 0.05) is 57.9 Å². The zero-order valence-electron chi connectivity index (χ0n) is 18.9. The van der Waals surface area contributed by atoms with Gasteiger partial charge in [-0.1, -0.05) is 12.1 Å². The second kappa shape index (κ2) is 10.6. The molecule has 4 rings (SSSR count). The molecule has 2 aromatic rings. The van der Waals surface area contributed by atoms with E-state index in [-0.39, 0.29) is 11.6 Å². The highest BCUT2D eigenvalue weighted by Gasteiger charge is 2.27. The Bertz CT molecular complexity index is 975. The highest BCUT2D eigenvalue weighted by molar-refractivity contribution is 6.00. The van der Waals surface area contributed by atoms with Crippen LogP contribution in [0.5, 0.6) is 5.75 Å². The molecule has 2 fully saturated rings. The Morgan fingerprint density at radius 2 is 1.79 bits per heavy atom. The lowest BCUT2D eigenvalue weighted by molar-refractivity contribution is -0.384. The normalized spacial score (nSPS) is 17.5. The molecule has 0 bridgehead atoms.